The Kier molecular flexibility index (Phi) is 2.41. The second-order valence-electron chi connectivity index (χ2n) is 3.52. The Hall–Kier alpha value is -1.84. The van der Waals surface area contributed by atoms with Crippen LogP contribution in [0.3, 0.4) is 0 Å². The molecule has 0 radical (unpaired) electrons. The summed E-state index contributed by atoms with van der Waals surface area (Å²) < 4.78 is 0. The van der Waals surface area contributed by atoms with E-state index in [0.717, 1.165) is 22.3 Å². The first-order valence-electron chi connectivity index (χ1n) is 4.82. The number of carbonyl (C=O) groups is 1. The Labute approximate surface area is 87.0 Å². The van der Waals surface area contributed by atoms with Gasteiger partial charge in [0.05, 0.1) is 0 Å². The van der Waals surface area contributed by atoms with Gasteiger partial charge in [-0.1, -0.05) is 0 Å². The highest BCUT2D eigenvalue weighted by Gasteiger charge is 2.09. The van der Waals surface area contributed by atoms with Crippen molar-refractivity contribution in [3.8, 4) is 0 Å². The van der Waals surface area contributed by atoms with Crippen molar-refractivity contribution in [2.45, 2.75) is 19.8 Å². The number of carboxylic acids is 1. The predicted molar refractivity (Wildman–Crippen MR) is 56.8 cm³/mol. The van der Waals surface area contributed by atoms with Gasteiger partial charge in [0.1, 0.15) is 5.65 Å². The fourth-order valence-corrected chi connectivity index (χ4v) is 1.76. The molecule has 0 amide bonds. The van der Waals surface area contributed by atoms with Crippen LogP contribution in [-0.4, -0.2) is 21.0 Å². The van der Waals surface area contributed by atoms with E-state index in [0.29, 0.717) is 6.42 Å². The lowest BCUT2D eigenvalue weighted by molar-refractivity contribution is -0.136. The molecule has 2 heterocycles. The zero-order valence-electron chi connectivity index (χ0n) is 8.45. The summed E-state index contributed by atoms with van der Waals surface area (Å²) in [6.45, 7) is 1.94. The summed E-state index contributed by atoms with van der Waals surface area (Å²) in [7, 11) is 0. The topological polar surface area (TPSA) is 66.0 Å². The molecule has 4 heteroatoms. The Balaban J connectivity index is 2.40. The van der Waals surface area contributed by atoms with Crippen LogP contribution in [0, 0.1) is 6.92 Å². The highest BCUT2D eigenvalue weighted by molar-refractivity contribution is 5.81. The number of hydrogen-bond donors (Lipinski definition) is 2. The lowest BCUT2D eigenvalue weighted by Crippen LogP contribution is -1.97. The molecule has 4 nitrogen and oxygen atoms in total. The van der Waals surface area contributed by atoms with E-state index in [-0.39, 0.29) is 6.42 Å². The summed E-state index contributed by atoms with van der Waals surface area (Å²) in [6, 6.07) is 3.82. The van der Waals surface area contributed by atoms with Gasteiger partial charge in [-0.3, -0.25) is 4.79 Å². The maximum atomic E-state index is 10.5. The lowest BCUT2D eigenvalue weighted by Gasteiger charge is -1.97. The number of hydrogen-bond acceptors (Lipinski definition) is 2. The van der Waals surface area contributed by atoms with E-state index in [1.807, 2.05) is 19.1 Å². The number of aryl methyl sites for hydroxylation is 2. The number of carboxylic acid groups (broad SMARTS) is 1. The summed E-state index contributed by atoms with van der Waals surface area (Å²) in [5, 5.41) is 9.67. The number of rotatable bonds is 3. The van der Waals surface area contributed by atoms with Crippen molar-refractivity contribution in [1.82, 2.24) is 9.97 Å². The van der Waals surface area contributed by atoms with Crippen LogP contribution >= 0.6 is 0 Å². The van der Waals surface area contributed by atoms with Crippen molar-refractivity contribution < 1.29 is 9.90 Å². The second-order valence-corrected chi connectivity index (χ2v) is 3.52. The molecule has 2 rings (SSSR count). The smallest absolute Gasteiger partial charge is 0.303 e. The second kappa shape index (κ2) is 3.73. The molecule has 78 valence electrons. The molecule has 0 spiro atoms. The third-order valence-electron chi connectivity index (χ3n) is 2.48. The van der Waals surface area contributed by atoms with Crippen LogP contribution in [0.15, 0.2) is 18.3 Å². The van der Waals surface area contributed by atoms with Crippen molar-refractivity contribution in [2.24, 2.45) is 0 Å². The molecule has 0 aromatic carbocycles. The summed E-state index contributed by atoms with van der Waals surface area (Å²) in [5.41, 5.74) is 2.89. The number of aromatic nitrogens is 2. The Morgan fingerprint density at radius 2 is 2.40 bits per heavy atom. The monoisotopic (exact) mass is 204 g/mol. The molecule has 0 fully saturated rings. The third kappa shape index (κ3) is 1.83. The molecule has 0 unspecified atom stereocenters. The number of fused-ring (bicyclic) bond motifs is 1. The molecule has 2 aromatic heterocycles. The van der Waals surface area contributed by atoms with E-state index in [9.17, 15) is 4.79 Å². The number of aliphatic carboxylic acids is 1. The summed E-state index contributed by atoms with van der Waals surface area (Å²) in [4.78, 5) is 17.8. The molecule has 0 aliphatic heterocycles. The first-order valence-corrected chi connectivity index (χ1v) is 4.82. The molecular weight excluding hydrogens is 192 g/mol. The molecule has 0 aliphatic carbocycles. The molecular formula is C11H12N2O2. The van der Waals surface area contributed by atoms with Gasteiger partial charge < -0.3 is 10.1 Å². The highest BCUT2D eigenvalue weighted by atomic mass is 16.4. The molecule has 2 aromatic rings. The maximum Gasteiger partial charge on any atom is 0.303 e. The average molecular weight is 204 g/mol. The van der Waals surface area contributed by atoms with Gasteiger partial charge in [0.25, 0.3) is 0 Å². The van der Waals surface area contributed by atoms with E-state index in [4.69, 9.17) is 5.11 Å². The minimum atomic E-state index is -0.771. The molecule has 0 saturated heterocycles. The van der Waals surface area contributed by atoms with E-state index < -0.39 is 5.97 Å². The van der Waals surface area contributed by atoms with Gasteiger partial charge in [-0.05, 0) is 31.0 Å². The normalized spacial score (nSPS) is 10.7. The summed E-state index contributed by atoms with van der Waals surface area (Å²) >= 11 is 0. The number of H-pyrrole nitrogens is 1. The average Bonchev–Trinajstić information content (AvgIpc) is 2.50. The minimum absolute atomic E-state index is 0.155. The first-order chi connectivity index (χ1) is 7.18. The van der Waals surface area contributed by atoms with Gasteiger partial charge >= 0.3 is 5.97 Å². The van der Waals surface area contributed by atoms with E-state index in [1.165, 1.54) is 0 Å². The molecule has 2 N–H and O–H groups in total. The van der Waals surface area contributed by atoms with E-state index >= 15 is 0 Å². The van der Waals surface area contributed by atoms with Crippen LogP contribution in [0.4, 0.5) is 0 Å². The van der Waals surface area contributed by atoms with Crippen LogP contribution in [0.5, 0.6) is 0 Å². The van der Waals surface area contributed by atoms with Crippen LogP contribution in [-0.2, 0) is 11.2 Å². The number of pyridine rings is 1. The molecule has 0 bridgehead atoms. The van der Waals surface area contributed by atoms with Crippen molar-refractivity contribution >= 4 is 17.0 Å². The summed E-state index contributed by atoms with van der Waals surface area (Å²) in [5.74, 6) is -0.771. The summed E-state index contributed by atoms with van der Waals surface area (Å²) in [6.07, 6.45) is 2.43. The van der Waals surface area contributed by atoms with Gasteiger partial charge in [-0.15, -0.1) is 0 Å². The minimum Gasteiger partial charge on any atom is -0.481 e. The van der Waals surface area contributed by atoms with Crippen LogP contribution in [0.25, 0.3) is 11.0 Å². The standard InChI is InChI=1S/C11H12N2O2/c1-7-8(4-5-10(14)15)9-3-2-6-12-11(9)13-7/h2-3,6H,4-5H2,1H3,(H,12,13)(H,14,15). The van der Waals surface area contributed by atoms with Crippen molar-refractivity contribution in [3.63, 3.8) is 0 Å². The maximum absolute atomic E-state index is 10.5. The first kappa shape index (κ1) is 9.71. The molecule has 0 saturated carbocycles. The van der Waals surface area contributed by atoms with Crippen LogP contribution < -0.4 is 0 Å². The number of nitrogens with one attached hydrogen (secondary N) is 1. The lowest BCUT2D eigenvalue weighted by atomic mass is 10.1. The molecule has 15 heavy (non-hydrogen) atoms. The van der Waals surface area contributed by atoms with Crippen LogP contribution in [0.2, 0.25) is 0 Å². The Bertz CT molecular complexity index is 502. The van der Waals surface area contributed by atoms with Crippen molar-refractivity contribution in [1.29, 1.82) is 0 Å². The zero-order chi connectivity index (χ0) is 10.8. The van der Waals surface area contributed by atoms with E-state index in [2.05, 4.69) is 9.97 Å². The fourth-order valence-electron chi connectivity index (χ4n) is 1.76. The quantitative estimate of drug-likeness (QED) is 0.802. The molecule has 0 aliphatic rings. The highest BCUT2D eigenvalue weighted by Crippen LogP contribution is 2.21. The van der Waals surface area contributed by atoms with Gasteiger partial charge in [-0.25, -0.2) is 4.98 Å². The number of nitrogens with zero attached hydrogens (tertiary/aromatic N) is 1. The van der Waals surface area contributed by atoms with Crippen LogP contribution in [0.1, 0.15) is 17.7 Å². The SMILES string of the molecule is Cc1[nH]c2ncccc2c1CCC(=O)O. The Morgan fingerprint density at radius 1 is 1.60 bits per heavy atom. The fraction of sp³-hybridized carbons (Fsp3) is 0.273. The van der Waals surface area contributed by atoms with Gasteiger partial charge in [0.2, 0.25) is 0 Å². The van der Waals surface area contributed by atoms with Gasteiger partial charge in [0, 0.05) is 23.7 Å². The predicted octanol–water partition coefficient (Wildman–Crippen LogP) is 1.89. The van der Waals surface area contributed by atoms with Crippen molar-refractivity contribution in [2.75, 3.05) is 0 Å². The van der Waals surface area contributed by atoms with Gasteiger partial charge in [0.15, 0.2) is 0 Å². The largest absolute Gasteiger partial charge is 0.481 e. The van der Waals surface area contributed by atoms with Crippen molar-refractivity contribution in [3.05, 3.63) is 29.6 Å². The third-order valence-corrected chi connectivity index (χ3v) is 2.48. The number of aromatic amines is 1. The van der Waals surface area contributed by atoms with E-state index in [1.54, 1.807) is 6.20 Å². The van der Waals surface area contributed by atoms with Gasteiger partial charge in [-0.2, -0.15) is 0 Å². The zero-order valence-corrected chi connectivity index (χ0v) is 8.45. The molecule has 0 atom stereocenters. The Morgan fingerprint density at radius 3 is 3.13 bits per heavy atom.